The first kappa shape index (κ1) is 11.9. The monoisotopic (exact) mass is 299 g/mol. The van der Waals surface area contributed by atoms with E-state index in [4.69, 9.17) is 15.0 Å². The second-order valence-corrected chi connectivity index (χ2v) is 4.07. The van der Waals surface area contributed by atoms with Crippen LogP contribution in [-0.2, 0) is 6.54 Å². The highest BCUT2D eigenvalue weighted by Crippen LogP contribution is 2.36. The van der Waals surface area contributed by atoms with E-state index in [9.17, 15) is 5.11 Å². The summed E-state index contributed by atoms with van der Waals surface area (Å²) in [5.74, 6) is 1.10. The summed E-state index contributed by atoms with van der Waals surface area (Å²) in [6.07, 6.45) is 0. The summed E-state index contributed by atoms with van der Waals surface area (Å²) in [5.41, 5.74) is 6.04. The van der Waals surface area contributed by atoms with Crippen molar-refractivity contribution >= 4 is 15.9 Å². The summed E-state index contributed by atoms with van der Waals surface area (Å²) in [5, 5.41) is 13.4. The van der Waals surface area contributed by atoms with Gasteiger partial charge in [0.1, 0.15) is 0 Å². The van der Waals surface area contributed by atoms with E-state index in [0.29, 0.717) is 27.5 Å². The minimum absolute atomic E-state index is 0.0330. The number of hydrogen-bond donors (Lipinski definition) is 2. The highest BCUT2D eigenvalue weighted by molar-refractivity contribution is 9.10. The van der Waals surface area contributed by atoms with E-state index >= 15 is 0 Å². The summed E-state index contributed by atoms with van der Waals surface area (Å²) in [6, 6.07) is 3.12. The molecule has 0 fully saturated rings. The molecule has 0 aliphatic rings. The molecule has 1 aromatic carbocycles. The normalized spacial score (nSPS) is 10.5. The third-order valence-corrected chi connectivity index (χ3v) is 2.81. The van der Waals surface area contributed by atoms with Gasteiger partial charge in [-0.15, -0.1) is 0 Å². The van der Waals surface area contributed by atoms with Gasteiger partial charge in [-0.3, -0.25) is 0 Å². The fourth-order valence-electron chi connectivity index (χ4n) is 1.32. The van der Waals surface area contributed by atoms with Crippen LogP contribution in [0.3, 0.4) is 0 Å². The number of methoxy groups -OCH3 is 1. The van der Waals surface area contributed by atoms with Crippen molar-refractivity contribution < 1.29 is 14.4 Å². The molecule has 0 spiro atoms. The van der Waals surface area contributed by atoms with Crippen molar-refractivity contribution in [3.63, 3.8) is 0 Å². The Balaban J connectivity index is 2.50. The third-order valence-electron chi connectivity index (χ3n) is 2.15. The van der Waals surface area contributed by atoms with Gasteiger partial charge in [0.25, 0.3) is 0 Å². The number of rotatable bonds is 3. The smallest absolute Gasteiger partial charge is 0.240 e. The van der Waals surface area contributed by atoms with Gasteiger partial charge >= 0.3 is 0 Å². The minimum Gasteiger partial charge on any atom is -0.504 e. The molecule has 2 aromatic rings. The van der Waals surface area contributed by atoms with Gasteiger partial charge < -0.3 is 20.1 Å². The molecule has 0 aliphatic carbocycles. The second-order valence-electron chi connectivity index (χ2n) is 3.22. The van der Waals surface area contributed by atoms with Crippen LogP contribution >= 0.6 is 15.9 Å². The number of nitrogens with zero attached hydrogens (tertiary/aromatic N) is 2. The first-order valence-corrected chi connectivity index (χ1v) is 5.54. The summed E-state index contributed by atoms with van der Waals surface area (Å²) in [4.78, 5) is 4.09. The Morgan fingerprint density at radius 2 is 2.29 bits per heavy atom. The molecule has 2 rings (SSSR count). The zero-order chi connectivity index (χ0) is 12.4. The predicted octanol–water partition coefficient (Wildman–Crippen LogP) is 1.67. The number of aromatic nitrogens is 2. The van der Waals surface area contributed by atoms with E-state index < -0.39 is 0 Å². The molecule has 0 saturated carbocycles. The summed E-state index contributed by atoms with van der Waals surface area (Å²) in [7, 11) is 1.47. The SMILES string of the molecule is COc1cc(-c2noc(CN)n2)c(Br)cc1O. The molecular weight excluding hydrogens is 290 g/mol. The first-order valence-electron chi connectivity index (χ1n) is 4.75. The van der Waals surface area contributed by atoms with Gasteiger partial charge in [-0.2, -0.15) is 4.98 Å². The number of phenolic OH excluding ortho intramolecular Hbond substituents is 1. The van der Waals surface area contributed by atoms with Gasteiger partial charge in [-0.05, 0) is 28.1 Å². The molecule has 0 aliphatic heterocycles. The zero-order valence-electron chi connectivity index (χ0n) is 8.98. The van der Waals surface area contributed by atoms with Crippen LogP contribution in [0.25, 0.3) is 11.4 Å². The molecule has 0 saturated heterocycles. The van der Waals surface area contributed by atoms with Crippen LogP contribution in [-0.4, -0.2) is 22.4 Å². The summed E-state index contributed by atoms with van der Waals surface area (Å²) < 4.78 is 10.6. The van der Waals surface area contributed by atoms with Gasteiger partial charge in [0.15, 0.2) is 11.5 Å². The minimum atomic E-state index is 0.0330. The van der Waals surface area contributed by atoms with Crippen LogP contribution in [0.15, 0.2) is 21.1 Å². The lowest BCUT2D eigenvalue weighted by molar-refractivity contribution is 0.373. The van der Waals surface area contributed by atoms with E-state index in [2.05, 4.69) is 26.1 Å². The molecule has 6 nitrogen and oxygen atoms in total. The lowest BCUT2D eigenvalue weighted by Crippen LogP contribution is -1.95. The zero-order valence-corrected chi connectivity index (χ0v) is 10.6. The van der Waals surface area contributed by atoms with E-state index in [1.54, 1.807) is 6.07 Å². The van der Waals surface area contributed by atoms with Crippen molar-refractivity contribution in [1.29, 1.82) is 0 Å². The Morgan fingerprint density at radius 1 is 1.53 bits per heavy atom. The fraction of sp³-hybridized carbons (Fsp3) is 0.200. The van der Waals surface area contributed by atoms with E-state index in [-0.39, 0.29) is 12.3 Å². The van der Waals surface area contributed by atoms with E-state index in [1.807, 2.05) is 0 Å². The van der Waals surface area contributed by atoms with Gasteiger partial charge in [-0.1, -0.05) is 5.16 Å². The molecule has 0 radical (unpaired) electrons. The number of phenols is 1. The first-order chi connectivity index (χ1) is 8.15. The van der Waals surface area contributed by atoms with Crippen LogP contribution in [0.1, 0.15) is 5.89 Å². The Kier molecular flexibility index (Phi) is 3.30. The Hall–Kier alpha value is -1.60. The Bertz CT molecular complexity index is 542. The highest BCUT2D eigenvalue weighted by Gasteiger charge is 2.14. The Labute approximate surface area is 106 Å². The number of aromatic hydroxyl groups is 1. The molecule has 90 valence electrons. The van der Waals surface area contributed by atoms with Gasteiger partial charge in [0.05, 0.1) is 13.7 Å². The number of hydrogen-bond acceptors (Lipinski definition) is 6. The predicted molar refractivity (Wildman–Crippen MR) is 63.5 cm³/mol. The van der Waals surface area contributed by atoms with Crippen LogP contribution < -0.4 is 10.5 Å². The van der Waals surface area contributed by atoms with Gasteiger partial charge in [-0.25, -0.2) is 0 Å². The van der Waals surface area contributed by atoms with E-state index in [1.165, 1.54) is 13.2 Å². The van der Waals surface area contributed by atoms with Crippen LogP contribution in [0, 0.1) is 0 Å². The number of nitrogens with two attached hydrogens (primary N) is 1. The topological polar surface area (TPSA) is 94.4 Å². The molecule has 0 amide bonds. The fourth-order valence-corrected chi connectivity index (χ4v) is 1.83. The molecule has 1 aromatic heterocycles. The second kappa shape index (κ2) is 4.72. The van der Waals surface area contributed by atoms with Gasteiger partial charge in [0, 0.05) is 10.0 Å². The van der Waals surface area contributed by atoms with Crippen molar-refractivity contribution in [2.75, 3.05) is 7.11 Å². The standard InChI is InChI=1S/C10H10BrN3O3/c1-16-8-2-5(6(11)3-7(8)15)10-13-9(4-12)17-14-10/h2-3,15H,4,12H2,1H3. The maximum absolute atomic E-state index is 9.57. The lowest BCUT2D eigenvalue weighted by Gasteiger charge is -2.06. The molecule has 0 atom stereocenters. The molecule has 3 N–H and O–H groups in total. The van der Waals surface area contributed by atoms with Crippen LogP contribution in [0.4, 0.5) is 0 Å². The van der Waals surface area contributed by atoms with E-state index in [0.717, 1.165) is 0 Å². The molecular formula is C10H10BrN3O3. The van der Waals surface area contributed by atoms with Crippen molar-refractivity contribution in [2.45, 2.75) is 6.54 Å². The third kappa shape index (κ3) is 2.25. The van der Waals surface area contributed by atoms with Crippen molar-refractivity contribution in [3.05, 3.63) is 22.5 Å². The molecule has 17 heavy (non-hydrogen) atoms. The van der Waals surface area contributed by atoms with Crippen LogP contribution in [0.2, 0.25) is 0 Å². The molecule has 7 heteroatoms. The number of halogens is 1. The molecule has 0 bridgehead atoms. The maximum atomic E-state index is 9.57. The van der Waals surface area contributed by atoms with Crippen molar-refractivity contribution in [1.82, 2.24) is 10.1 Å². The largest absolute Gasteiger partial charge is 0.504 e. The summed E-state index contributed by atoms with van der Waals surface area (Å²) >= 11 is 3.31. The number of ether oxygens (including phenoxy) is 1. The Morgan fingerprint density at radius 3 is 2.88 bits per heavy atom. The molecule has 0 unspecified atom stereocenters. The highest BCUT2D eigenvalue weighted by atomic mass is 79.9. The quantitative estimate of drug-likeness (QED) is 0.895. The molecule has 1 heterocycles. The maximum Gasteiger partial charge on any atom is 0.240 e. The van der Waals surface area contributed by atoms with Crippen molar-refractivity contribution in [3.8, 4) is 22.9 Å². The number of benzene rings is 1. The van der Waals surface area contributed by atoms with Gasteiger partial charge in [0.2, 0.25) is 11.7 Å². The van der Waals surface area contributed by atoms with Crippen LogP contribution in [0.5, 0.6) is 11.5 Å². The average molecular weight is 300 g/mol. The average Bonchev–Trinajstić information content (AvgIpc) is 2.78. The summed E-state index contributed by atoms with van der Waals surface area (Å²) in [6.45, 7) is 0.180. The lowest BCUT2D eigenvalue weighted by atomic mass is 10.2. The van der Waals surface area contributed by atoms with Crippen molar-refractivity contribution in [2.24, 2.45) is 5.73 Å².